The lowest BCUT2D eigenvalue weighted by atomic mass is 10.0. The zero-order chi connectivity index (χ0) is 22.2. The number of benzene rings is 3. The van der Waals surface area contributed by atoms with Gasteiger partial charge in [-0.25, -0.2) is 4.98 Å². The van der Waals surface area contributed by atoms with Gasteiger partial charge in [-0.3, -0.25) is 9.36 Å². The maximum Gasteiger partial charge on any atom is 0.171 e. The number of anilines is 2. The first-order chi connectivity index (χ1) is 16.3. The second kappa shape index (κ2) is 7.84. The SMILES string of the molecule is O=C(Cc1ccc(-c2nnc3n2-c2cccnc2Nc2ccccc2-3)cc1)c1ccccc1. The number of nitrogens with one attached hydrogen (secondary N) is 1. The molecule has 3 aromatic carbocycles. The van der Waals surface area contributed by atoms with Gasteiger partial charge in [0.05, 0.1) is 11.4 Å². The number of fused-ring (bicyclic) bond motifs is 5. The number of Topliss-reactive ketones (excluding diaryl/α,β-unsaturated/α-hetero) is 1. The third kappa shape index (κ3) is 3.38. The fourth-order valence-electron chi connectivity index (χ4n) is 4.15. The fourth-order valence-corrected chi connectivity index (χ4v) is 4.15. The Morgan fingerprint density at radius 3 is 2.39 bits per heavy atom. The first-order valence-corrected chi connectivity index (χ1v) is 10.7. The van der Waals surface area contributed by atoms with E-state index < -0.39 is 0 Å². The van der Waals surface area contributed by atoms with Crippen molar-refractivity contribution in [2.45, 2.75) is 6.42 Å². The molecule has 6 nitrogen and oxygen atoms in total. The van der Waals surface area contributed by atoms with Gasteiger partial charge in [-0.15, -0.1) is 10.2 Å². The third-order valence-electron chi connectivity index (χ3n) is 5.78. The molecule has 0 amide bonds. The van der Waals surface area contributed by atoms with Gasteiger partial charge in [0.15, 0.2) is 23.2 Å². The summed E-state index contributed by atoms with van der Waals surface area (Å²) in [6.07, 6.45) is 2.12. The molecular formula is C27H19N5O. The lowest BCUT2D eigenvalue weighted by molar-refractivity contribution is 0.0993. The van der Waals surface area contributed by atoms with Gasteiger partial charge in [0.1, 0.15) is 0 Å². The molecule has 2 aromatic heterocycles. The molecule has 0 bridgehead atoms. The number of para-hydroxylation sites is 1. The van der Waals surface area contributed by atoms with Crippen molar-refractivity contribution in [3.8, 4) is 28.5 Å². The highest BCUT2D eigenvalue weighted by Crippen LogP contribution is 2.38. The summed E-state index contributed by atoms with van der Waals surface area (Å²) in [5.41, 5.74) is 5.37. The Morgan fingerprint density at radius 2 is 1.55 bits per heavy atom. The van der Waals surface area contributed by atoms with Crippen LogP contribution in [0, 0.1) is 0 Å². The molecule has 3 heterocycles. The normalized spacial score (nSPS) is 11.5. The van der Waals surface area contributed by atoms with Gasteiger partial charge in [-0.05, 0) is 29.8 Å². The van der Waals surface area contributed by atoms with Gasteiger partial charge in [0.25, 0.3) is 0 Å². The molecule has 0 aliphatic carbocycles. The van der Waals surface area contributed by atoms with Crippen molar-refractivity contribution in [3.63, 3.8) is 0 Å². The van der Waals surface area contributed by atoms with E-state index in [2.05, 4.69) is 20.5 Å². The predicted molar refractivity (Wildman–Crippen MR) is 128 cm³/mol. The van der Waals surface area contributed by atoms with Crippen LogP contribution in [0.3, 0.4) is 0 Å². The smallest absolute Gasteiger partial charge is 0.171 e. The minimum absolute atomic E-state index is 0.0994. The topological polar surface area (TPSA) is 72.7 Å². The molecule has 0 atom stereocenters. The number of nitrogens with zero attached hydrogens (tertiary/aromatic N) is 4. The van der Waals surface area contributed by atoms with Gasteiger partial charge >= 0.3 is 0 Å². The average molecular weight is 429 g/mol. The molecule has 5 aromatic rings. The van der Waals surface area contributed by atoms with E-state index in [9.17, 15) is 4.79 Å². The van der Waals surface area contributed by atoms with Crippen LogP contribution in [0.25, 0.3) is 28.5 Å². The number of carbonyl (C=O) groups excluding carboxylic acids is 1. The molecular weight excluding hydrogens is 410 g/mol. The van der Waals surface area contributed by atoms with E-state index in [1.54, 1.807) is 6.20 Å². The van der Waals surface area contributed by atoms with Crippen LogP contribution < -0.4 is 5.32 Å². The predicted octanol–water partition coefficient (Wildman–Crippen LogP) is 5.48. The number of hydrogen-bond donors (Lipinski definition) is 1. The highest BCUT2D eigenvalue weighted by molar-refractivity contribution is 5.97. The van der Waals surface area contributed by atoms with E-state index in [0.29, 0.717) is 6.42 Å². The Balaban J connectivity index is 1.40. The third-order valence-corrected chi connectivity index (χ3v) is 5.78. The summed E-state index contributed by atoms with van der Waals surface area (Å²) in [6.45, 7) is 0. The molecule has 1 aliphatic rings. The molecule has 0 spiro atoms. The number of ketones is 1. The first-order valence-electron chi connectivity index (χ1n) is 10.7. The number of pyridine rings is 1. The lowest BCUT2D eigenvalue weighted by Crippen LogP contribution is -2.04. The van der Waals surface area contributed by atoms with Crippen molar-refractivity contribution in [3.05, 3.63) is 108 Å². The molecule has 1 N–H and O–H groups in total. The largest absolute Gasteiger partial charge is 0.338 e. The monoisotopic (exact) mass is 429 g/mol. The summed E-state index contributed by atoms with van der Waals surface area (Å²) < 4.78 is 2.03. The van der Waals surface area contributed by atoms with E-state index in [-0.39, 0.29) is 5.78 Å². The van der Waals surface area contributed by atoms with Crippen LogP contribution in [0.15, 0.2) is 97.2 Å². The van der Waals surface area contributed by atoms with Crippen molar-refractivity contribution in [1.82, 2.24) is 19.7 Å². The van der Waals surface area contributed by atoms with Gasteiger partial charge in [-0.1, -0.05) is 66.7 Å². The molecule has 0 saturated carbocycles. The molecule has 0 fully saturated rings. The summed E-state index contributed by atoms with van der Waals surface area (Å²) >= 11 is 0. The Kier molecular flexibility index (Phi) is 4.54. The Bertz CT molecular complexity index is 1470. The minimum atomic E-state index is 0.0994. The second-order valence-electron chi connectivity index (χ2n) is 7.89. The number of carbonyl (C=O) groups is 1. The molecule has 33 heavy (non-hydrogen) atoms. The van der Waals surface area contributed by atoms with Crippen molar-refractivity contribution < 1.29 is 4.79 Å². The molecule has 0 unspecified atom stereocenters. The average Bonchev–Trinajstić information content (AvgIpc) is 3.25. The summed E-state index contributed by atoms with van der Waals surface area (Å²) in [4.78, 5) is 17.1. The molecule has 6 rings (SSSR count). The maximum absolute atomic E-state index is 12.6. The highest BCUT2D eigenvalue weighted by Gasteiger charge is 2.24. The van der Waals surface area contributed by atoms with Crippen LogP contribution in [0.1, 0.15) is 15.9 Å². The van der Waals surface area contributed by atoms with E-state index in [0.717, 1.165) is 51.1 Å². The van der Waals surface area contributed by atoms with Crippen molar-refractivity contribution in [1.29, 1.82) is 0 Å². The summed E-state index contributed by atoms with van der Waals surface area (Å²) in [6, 6.07) is 29.2. The van der Waals surface area contributed by atoms with Crippen LogP contribution in [0.2, 0.25) is 0 Å². The molecule has 0 radical (unpaired) electrons. The lowest BCUT2D eigenvalue weighted by Gasteiger charge is -2.11. The fraction of sp³-hybridized carbons (Fsp3) is 0.0370. The molecule has 0 saturated heterocycles. The van der Waals surface area contributed by atoms with Crippen LogP contribution in [0.4, 0.5) is 11.5 Å². The van der Waals surface area contributed by atoms with E-state index in [4.69, 9.17) is 0 Å². The second-order valence-corrected chi connectivity index (χ2v) is 7.89. The first kappa shape index (κ1) is 19.1. The maximum atomic E-state index is 12.6. The van der Waals surface area contributed by atoms with Crippen LogP contribution in [0.5, 0.6) is 0 Å². The van der Waals surface area contributed by atoms with Crippen molar-refractivity contribution >= 4 is 17.3 Å². The highest BCUT2D eigenvalue weighted by atomic mass is 16.1. The van der Waals surface area contributed by atoms with Crippen LogP contribution in [-0.2, 0) is 6.42 Å². The summed E-state index contributed by atoms with van der Waals surface area (Å²) in [5, 5.41) is 12.5. The Labute approximate surface area is 190 Å². The summed E-state index contributed by atoms with van der Waals surface area (Å²) in [7, 11) is 0. The quantitative estimate of drug-likeness (QED) is 0.376. The Morgan fingerprint density at radius 1 is 0.788 bits per heavy atom. The number of hydrogen-bond acceptors (Lipinski definition) is 5. The van der Waals surface area contributed by atoms with Gasteiger partial charge in [0.2, 0.25) is 0 Å². The van der Waals surface area contributed by atoms with Crippen LogP contribution in [-0.4, -0.2) is 25.5 Å². The van der Waals surface area contributed by atoms with Gasteiger partial charge in [-0.2, -0.15) is 0 Å². The van der Waals surface area contributed by atoms with E-state index in [1.807, 2.05) is 95.6 Å². The number of aromatic nitrogens is 4. The summed E-state index contributed by atoms with van der Waals surface area (Å²) in [5.74, 6) is 2.32. The van der Waals surface area contributed by atoms with Gasteiger partial charge in [0, 0.05) is 29.3 Å². The Hall–Kier alpha value is -4.58. The molecule has 158 valence electrons. The molecule has 1 aliphatic heterocycles. The standard InChI is InChI=1S/C27H19N5O/c33-24(19-7-2-1-3-8-19)17-18-12-14-20(15-13-18)26-30-31-27-21-9-4-5-10-22(21)29-25-23(32(26)27)11-6-16-28-25/h1-16H,17H2,(H,28,29). The zero-order valence-electron chi connectivity index (χ0n) is 17.6. The number of rotatable bonds is 4. The van der Waals surface area contributed by atoms with Gasteiger partial charge < -0.3 is 5.32 Å². The van der Waals surface area contributed by atoms with Crippen molar-refractivity contribution in [2.24, 2.45) is 0 Å². The minimum Gasteiger partial charge on any atom is -0.338 e. The molecule has 6 heteroatoms. The zero-order valence-corrected chi connectivity index (χ0v) is 17.6. The van der Waals surface area contributed by atoms with E-state index in [1.165, 1.54) is 0 Å². The van der Waals surface area contributed by atoms with E-state index >= 15 is 0 Å². The van der Waals surface area contributed by atoms with Crippen LogP contribution >= 0.6 is 0 Å². The van der Waals surface area contributed by atoms with Crippen molar-refractivity contribution in [2.75, 3.05) is 5.32 Å².